The van der Waals surface area contributed by atoms with Crippen LogP contribution in [0.3, 0.4) is 0 Å². The number of alkyl halides is 2. The van der Waals surface area contributed by atoms with Crippen molar-refractivity contribution in [1.29, 1.82) is 0 Å². The lowest BCUT2D eigenvalue weighted by Gasteiger charge is -2.47. The molecule has 2 aliphatic heterocycles. The minimum Gasteiger partial charge on any atom is -0.493 e. The van der Waals surface area contributed by atoms with Gasteiger partial charge >= 0.3 is 6.09 Å². The first-order valence-electron chi connectivity index (χ1n) is 12.0. The van der Waals surface area contributed by atoms with Crippen molar-refractivity contribution in [2.24, 2.45) is 5.92 Å². The highest BCUT2D eigenvalue weighted by molar-refractivity contribution is 6.18. The Hall–Kier alpha value is -2.26. The maximum Gasteiger partial charge on any atom is 0.407 e. The molecule has 0 aromatic heterocycles. The fourth-order valence-corrected chi connectivity index (χ4v) is 4.99. The second-order valence-corrected chi connectivity index (χ2v) is 10.5. The summed E-state index contributed by atoms with van der Waals surface area (Å²) < 4.78 is 29.6. The molecule has 0 saturated carbocycles. The highest BCUT2D eigenvalue weighted by Crippen LogP contribution is 2.42. The number of fused-ring (bicyclic) bond motifs is 3. The summed E-state index contributed by atoms with van der Waals surface area (Å²) in [5, 5.41) is 5.98. The van der Waals surface area contributed by atoms with Gasteiger partial charge in [-0.05, 0) is 56.9 Å². The van der Waals surface area contributed by atoms with Crippen LogP contribution in [-0.4, -0.2) is 74.4 Å². The minimum atomic E-state index is -0.655. The maximum atomic E-state index is 13.1. The molecule has 1 aromatic carbocycles. The molecule has 0 bridgehead atoms. The number of nitrogens with one attached hydrogen (secondary N) is 2. The molecule has 1 aromatic rings. The van der Waals surface area contributed by atoms with E-state index in [-0.39, 0.29) is 36.3 Å². The molecule has 2 amide bonds. The van der Waals surface area contributed by atoms with E-state index in [1.54, 1.807) is 35.0 Å². The molecular weight excluding hydrogens is 477 g/mol. The van der Waals surface area contributed by atoms with Gasteiger partial charge in [0.05, 0.1) is 33.0 Å². The summed E-state index contributed by atoms with van der Waals surface area (Å²) in [6, 6.07) is 3.30. The van der Waals surface area contributed by atoms with Crippen LogP contribution in [0.15, 0.2) is 12.1 Å². The Kier molecular flexibility index (Phi) is 9.10. The van der Waals surface area contributed by atoms with Crippen molar-refractivity contribution in [2.45, 2.75) is 63.8 Å². The first-order chi connectivity index (χ1) is 16.6. The number of ether oxygens (including phenoxy) is 3. The molecule has 1 fully saturated rings. The zero-order valence-electron chi connectivity index (χ0n) is 21.2. The number of rotatable bonds is 8. The van der Waals surface area contributed by atoms with E-state index in [0.717, 1.165) is 18.5 Å². The van der Waals surface area contributed by atoms with E-state index in [1.807, 2.05) is 12.1 Å². The number of carbonyl (C=O) groups is 2. The number of methoxy groups -OCH3 is 2. The van der Waals surface area contributed by atoms with Crippen LogP contribution in [0.5, 0.6) is 11.5 Å². The van der Waals surface area contributed by atoms with E-state index in [2.05, 4.69) is 15.5 Å². The number of alkyl carbamates (subject to hydrolysis) is 1. The fraction of sp³-hybridized carbons (Fsp3) is 0.680. The standard InChI is InChI=1S/C25H37ClFN3O5/c1-25(2,3)35-24(32)29-18-11-20-17-10-22(34-5)21(33-4)9-16(17)6-7-30(20)14-19(18)28-23(31)8-15(12-26)13-27/h9-10,15,18-20H,6-8,11-14H2,1-5H3,(H,28,31)(H,29,32)/t15?,18?,19?,20-/m0/s1. The van der Waals surface area contributed by atoms with E-state index < -0.39 is 24.3 Å². The van der Waals surface area contributed by atoms with Crippen molar-refractivity contribution in [3.8, 4) is 11.5 Å². The molecule has 8 nitrogen and oxygen atoms in total. The fourth-order valence-electron chi connectivity index (χ4n) is 4.80. The smallest absolute Gasteiger partial charge is 0.407 e. The van der Waals surface area contributed by atoms with E-state index >= 15 is 0 Å². The zero-order valence-corrected chi connectivity index (χ0v) is 21.9. The number of amides is 2. The Bertz CT molecular complexity index is 906. The maximum absolute atomic E-state index is 13.1. The van der Waals surface area contributed by atoms with Gasteiger partial charge in [0.2, 0.25) is 5.91 Å². The lowest BCUT2D eigenvalue weighted by molar-refractivity contribution is -0.123. The second-order valence-electron chi connectivity index (χ2n) is 10.2. The Labute approximate surface area is 211 Å². The van der Waals surface area contributed by atoms with Crippen LogP contribution in [0.4, 0.5) is 9.18 Å². The third-order valence-corrected chi connectivity index (χ3v) is 6.90. The van der Waals surface area contributed by atoms with Gasteiger partial charge in [0.1, 0.15) is 5.60 Å². The van der Waals surface area contributed by atoms with Gasteiger partial charge in [0.25, 0.3) is 0 Å². The molecule has 196 valence electrons. The number of carbonyl (C=O) groups excluding carboxylic acids is 2. The topological polar surface area (TPSA) is 89.1 Å². The van der Waals surface area contributed by atoms with Gasteiger partial charge in [-0.25, -0.2) is 4.79 Å². The minimum absolute atomic E-state index is 0.00108. The van der Waals surface area contributed by atoms with Crippen LogP contribution in [-0.2, 0) is 16.0 Å². The number of hydrogen-bond acceptors (Lipinski definition) is 6. The summed E-state index contributed by atoms with van der Waals surface area (Å²) in [5.74, 6) is 0.597. The molecule has 10 heteroatoms. The SMILES string of the molecule is COc1cc2c(cc1OC)[C@@H]1CC(NC(=O)OC(C)(C)C)C(NC(=O)CC(CF)CCl)CN1CC2. The predicted molar refractivity (Wildman–Crippen MR) is 132 cm³/mol. The third kappa shape index (κ3) is 6.91. The first-order valence-corrected chi connectivity index (χ1v) is 12.5. The summed E-state index contributed by atoms with van der Waals surface area (Å²) in [5.41, 5.74) is 1.64. The second kappa shape index (κ2) is 11.6. The van der Waals surface area contributed by atoms with Crippen LogP contribution in [0, 0.1) is 5.92 Å². The average molecular weight is 514 g/mol. The molecule has 0 radical (unpaired) electrons. The van der Waals surface area contributed by atoms with Crippen LogP contribution in [0.2, 0.25) is 0 Å². The summed E-state index contributed by atoms with van der Waals surface area (Å²) >= 11 is 5.78. The van der Waals surface area contributed by atoms with Gasteiger partial charge in [-0.1, -0.05) is 0 Å². The van der Waals surface area contributed by atoms with Gasteiger partial charge in [-0.2, -0.15) is 0 Å². The lowest BCUT2D eigenvalue weighted by atomic mass is 9.82. The molecule has 4 atom stereocenters. The Morgan fingerprint density at radius 2 is 1.86 bits per heavy atom. The van der Waals surface area contributed by atoms with E-state index in [4.69, 9.17) is 25.8 Å². The highest BCUT2D eigenvalue weighted by Gasteiger charge is 2.41. The lowest BCUT2D eigenvalue weighted by Crippen LogP contribution is -2.62. The van der Waals surface area contributed by atoms with Gasteiger partial charge in [-0.3, -0.25) is 14.1 Å². The monoisotopic (exact) mass is 513 g/mol. The molecule has 2 heterocycles. The van der Waals surface area contributed by atoms with Crippen molar-refractivity contribution in [3.05, 3.63) is 23.3 Å². The Morgan fingerprint density at radius 3 is 2.46 bits per heavy atom. The van der Waals surface area contributed by atoms with E-state index in [9.17, 15) is 14.0 Å². The largest absolute Gasteiger partial charge is 0.493 e. The van der Waals surface area contributed by atoms with Gasteiger partial charge in [0, 0.05) is 37.4 Å². The van der Waals surface area contributed by atoms with Crippen LogP contribution in [0.25, 0.3) is 0 Å². The molecule has 3 rings (SSSR count). The number of piperidine rings is 1. The quantitative estimate of drug-likeness (QED) is 0.516. The normalized spacial score (nSPS) is 22.9. The Balaban J connectivity index is 1.84. The third-order valence-electron chi connectivity index (χ3n) is 6.47. The van der Waals surface area contributed by atoms with Crippen molar-refractivity contribution in [2.75, 3.05) is 39.9 Å². The average Bonchev–Trinajstić information content (AvgIpc) is 2.80. The van der Waals surface area contributed by atoms with E-state index in [1.165, 1.54) is 5.56 Å². The number of benzene rings is 1. The molecular formula is C25H37ClFN3O5. The number of nitrogens with zero attached hydrogens (tertiary/aromatic N) is 1. The van der Waals surface area contributed by atoms with Gasteiger partial charge in [-0.15, -0.1) is 11.6 Å². The van der Waals surface area contributed by atoms with Crippen LogP contribution in [0.1, 0.15) is 50.8 Å². The van der Waals surface area contributed by atoms with E-state index in [0.29, 0.717) is 24.5 Å². The van der Waals surface area contributed by atoms with Crippen molar-refractivity contribution < 1.29 is 28.2 Å². The number of hydrogen-bond donors (Lipinski definition) is 2. The molecule has 0 spiro atoms. The van der Waals surface area contributed by atoms with Crippen LogP contribution < -0.4 is 20.1 Å². The Morgan fingerprint density at radius 1 is 1.17 bits per heavy atom. The molecule has 2 aliphatic rings. The predicted octanol–water partition coefficient (Wildman–Crippen LogP) is 3.60. The molecule has 0 aliphatic carbocycles. The zero-order chi connectivity index (χ0) is 25.8. The van der Waals surface area contributed by atoms with Gasteiger partial charge < -0.3 is 24.8 Å². The molecule has 3 unspecified atom stereocenters. The van der Waals surface area contributed by atoms with Crippen molar-refractivity contribution >= 4 is 23.6 Å². The van der Waals surface area contributed by atoms with Crippen LogP contribution >= 0.6 is 11.6 Å². The summed E-state index contributed by atoms with van der Waals surface area (Å²) in [6.07, 6.45) is 0.849. The summed E-state index contributed by atoms with van der Waals surface area (Å²) in [7, 11) is 3.22. The molecule has 1 saturated heterocycles. The summed E-state index contributed by atoms with van der Waals surface area (Å²) in [4.78, 5) is 27.6. The molecule has 2 N–H and O–H groups in total. The summed E-state index contributed by atoms with van der Waals surface area (Å²) in [6.45, 7) is 6.08. The van der Waals surface area contributed by atoms with Crippen molar-refractivity contribution in [3.63, 3.8) is 0 Å². The molecule has 35 heavy (non-hydrogen) atoms. The van der Waals surface area contributed by atoms with Crippen molar-refractivity contribution in [1.82, 2.24) is 15.5 Å². The number of halogens is 2. The highest BCUT2D eigenvalue weighted by atomic mass is 35.5. The first kappa shape index (κ1) is 27.3. The van der Waals surface area contributed by atoms with Gasteiger partial charge in [0.15, 0.2) is 11.5 Å².